The maximum atomic E-state index is 14.4. The van der Waals surface area contributed by atoms with E-state index in [2.05, 4.69) is 5.10 Å². The molecule has 0 unspecified atom stereocenters. The molecule has 35 heavy (non-hydrogen) atoms. The van der Waals surface area contributed by atoms with Gasteiger partial charge in [-0.25, -0.2) is 12.8 Å². The van der Waals surface area contributed by atoms with Crippen LogP contribution in [-0.2, 0) is 16.6 Å². The number of rotatable bonds is 6. The van der Waals surface area contributed by atoms with E-state index in [0.29, 0.717) is 17.7 Å². The van der Waals surface area contributed by atoms with E-state index >= 15 is 0 Å². The van der Waals surface area contributed by atoms with Crippen LogP contribution in [0.15, 0.2) is 47.5 Å². The van der Waals surface area contributed by atoms with Crippen molar-refractivity contribution in [3.8, 4) is 5.75 Å². The summed E-state index contributed by atoms with van der Waals surface area (Å²) < 4.78 is 50.2. The third-order valence-electron chi connectivity index (χ3n) is 5.73. The first kappa shape index (κ1) is 25.5. The van der Waals surface area contributed by atoms with Crippen LogP contribution in [0.4, 0.5) is 10.1 Å². The highest BCUT2D eigenvalue weighted by Gasteiger charge is 2.38. The number of aliphatic hydroxyl groups excluding tert-OH is 1. The summed E-state index contributed by atoms with van der Waals surface area (Å²) in [5, 5.41) is 14.3. The average molecular weight is 540 g/mol. The van der Waals surface area contributed by atoms with Gasteiger partial charge in [-0.15, -0.1) is 0 Å². The van der Waals surface area contributed by atoms with Gasteiger partial charge in [-0.3, -0.25) is 8.99 Å². The van der Waals surface area contributed by atoms with E-state index < -0.39 is 28.0 Å². The predicted molar refractivity (Wildman–Crippen MR) is 135 cm³/mol. The van der Waals surface area contributed by atoms with Gasteiger partial charge in [0.2, 0.25) is 0 Å². The number of sulfonamides is 1. The summed E-state index contributed by atoms with van der Waals surface area (Å²) in [5.41, 5.74) is 1.70. The number of halogens is 3. The van der Waals surface area contributed by atoms with Crippen LogP contribution in [0.1, 0.15) is 31.9 Å². The molecule has 0 aliphatic carbocycles. The van der Waals surface area contributed by atoms with E-state index in [0.717, 1.165) is 4.31 Å². The molecular weight excluding hydrogens is 516 g/mol. The summed E-state index contributed by atoms with van der Waals surface area (Å²) in [7, 11) is -4.15. The Morgan fingerprint density at radius 1 is 1.34 bits per heavy atom. The summed E-state index contributed by atoms with van der Waals surface area (Å²) in [6, 6.07) is 9.41. The second-order valence-electron chi connectivity index (χ2n) is 8.22. The van der Waals surface area contributed by atoms with Crippen molar-refractivity contribution in [1.29, 1.82) is 0 Å². The molecule has 0 saturated heterocycles. The number of anilines is 1. The number of benzene rings is 2. The zero-order valence-corrected chi connectivity index (χ0v) is 21.6. The quantitative estimate of drug-likeness (QED) is 0.432. The Balaban J connectivity index is 1.82. The van der Waals surface area contributed by atoms with Crippen LogP contribution in [0.5, 0.6) is 5.75 Å². The van der Waals surface area contributed by atoms with E-state index in [9.17, 15) is 17.9 Å². The van der Waals surface area contributed by atoms with Gasteiger partial charge in [0, 0.05) is 18.3 Å². The van der Waals surface area contributed by atoms with Gasteiger partial charge in [0.05, 0.1) is 23.4 Å². The molecule has 0 amide bonds. The molecule has 2 heterocycles. The SMILES string of the molecule is CCn1cc(S(=O)(=O)N2C[C@H]([C@@H](C)O)Oc3ccc(C=C(C)c4c(F)cccc4Cl)cc32)c(Cl)n1. The van der Waals surface area contributed by atoms with Crippen LogP contribution in [0.2, 0.25) is 10.2 Å². The first-order chi connectivity index (χ1) is 16.5. The monoisotopic (exact) mass is 539 g/mol. The Labute approximate surface area is 213 Å². The van der Waals surface area contributed by atoms with E-state index in [-0.39, 0.29) is 38.6 Å². The van der Waals surface area contributed by atoms with Crippen molar-refractivity contribution in [2.24, 2.45) is 0 Å². The third kappa shape index (κ3) is 4.91. The summed E-state index contributed by atoms with van der Waals surface area (Å²) in [6.45, 7) is 5.37. The van der Waals surface area contributed by atoms with E-state index in [1.165, 1.54) is 29.9 Å². The molecule has 1 aliphatic rings. The number of nitrogens with zero attached hydrogens (tertiary/aromatic N) is 3. The highest BCUT2D eigenvalue weighted by Crippen LogP contribution is 2.40. The first-order valence-corrected chi connectivity index (χ1v) is 13.1. The number of aromatic nitrogens is 2. The van der Waals surface area contributed by atoms with Gasteiger partial charge in [-0.05, 0) is 56.2 Å². The molecule has 0 saturated carbocycles. The number of hydrogen-bond acceptors (Lipinski definition) is 5. The molecule has 1 aliphatic heterocycles. The van der Waals surface area contributed by atoms with Gasteiger partial charge in [0.15, 0.2) is 5.15 Å². The van der Waals surface area contributed by atoms with Crippen molar-refractivity contribution in [3.05, 3.63) is 69.7 Å². The number of hydrogen-bond donors (Lipinski definition) is 1. The van der Waals surface area contributed by atoms with Crippen LogP contribution in [-0.4, -0.2) is 42.1 Å². The Bertz CT molecular complexity index is 1390. The Morgan fingerprint density at radius 2 is 2.09 bits per heavy atom. The molecule has 0 spiro atoms. The Morgan fingerprint density at radius 3 is 2.71 bits per heavy atom. The van der Waals surface area contributed by atoms with E-state index in [1.807, 2.05) is 6.92 Å². The fourth-order valence-corrected chi connectivity index (χ4v) is 6.13. The van der Waals surface area contributed by atoms with Crippen LogP contribution in [0, 0.1) is 5.82 Å². The molecule has 0 fully saturated rings. The van der Waals surface area contributed by atoms with Crippen LogP contribution in [0.25, 0.3) is 11.6 Å². The lowest BCUT2D eigenvalue weighted by atomic mass is 10.0. The molecule has 1 aromatic heterocycles. The number of aliphatic hydroxyl groups is 1. The summed E-state index contributed by atoms with van der Waals surface area (Å²) in [4.78, 5) is -0.145. The van der Waals surface area contributed by atoms with Gasteiger partial charge in [0.1, 0.15) is 22.6 Å². The minimum absolute atomic E-state index is 0.133. The molecular formula is C24H24Cl2FN3O4S. The van der Waals surface area contributed by atoms with Gasteiger partial charge in [-0.2, -0.15) is 5.10 Å². The maximum Gasteiger partial charge on any atom is 0.269 e. The van der Waals surface area contributed by atoms with Gasteiger partial charge in [0.25, 0.3) is 10.0 Å². The summed E-state index contributed by atoms with van der Waals surface area (Å²) in [6.07, 6.45) is 1.36. The van der Waals surface area contributed by atoms with E-state index in [1.54, 1.807) is 37.3 Å². The fraction of sp³-hybridized carbons (Fsp3) is 0.292. The molecule has 186 valence electrons. The van der Waals surface area contributed by atoms with Crippen LogP contribution < -0.4 is 9.04 Å². The minimum Gasteiger partial charge on any atom is -0.484 e. The van der Waals surface area contributed by atoms with Crippen molar-refractivity contribution in [3.63, 3.8) is 0 Å². The molecule has 0 radical (unpaired) electrons. The van der Waals surface area contributed by atoms with Crippen LogP contribution >= 0.6 is 23.2 Å². The van der Waals surface area contributed by atoms with Gasteiger partial charge < -0.3 is 9.84 Å². The molecule has 2 aromatic carbocycles. The highest BCUT2D eigenvalue weighted by atomic mass is 35.5. The van der Waals surface area contributed by atoms with Crippen molar-refractivity contribution in [1.82, 2.24) is 9.78 Å². The first-order valence-electron chi connectivity index (χ1n) is 10.9. The number of aryl methyl sites for hydroxylation is 1. The van der Waals surface area contributed by atoms with Crippen LogP contribution in [0.3, 0.4) is 0 Å². The lowest BCUT2D eigenvalue weighted by Gasteiger charge is -2.36. The molecule has 1 N–H and O–H groups in total. The molecule has 7 nitrogen and oxygen atoms in total. The lowest BCUT2D eigenvalue weighted by molar-refractivity contribution is 0.0503. The highest BCUT2D eigenvalue weighted by molar-refractivity contribution is 7.93. The smallest absolute Gasteiger partial charge is 0.269 e. The Hall–Kier alpha value is -2.59. The molecule has 11 heteroatoms. The second-order valence-corrected chi connectivity index (χ2v) is 10.8. The van der Waals surface area contributed by atoms with Crippen molar-refractivity contribution >= 4 is 50.6 Å². The second kappa shape index (κ2) is 9.81. The summed E-state index contributed by atoms with van der Waals surface area (Å²) in [5.74, 6) is -0.178. The van der Waals surface area contributed by atoms with E-state index in [4.69, 9.17) is 27.9 Å². The molecule has 3 aromatic rings. The van der Waals surface area contributed by atoms with Gasteiger partial charge in [-0.1, -0.05) is 41.4 Å². The molecule has 4 rings (SSSR count). The number of allylic oxidation sites excluding steroid dienone is 1. The van der Waals surface area contributed by atoms with Crippen molar-refractivity contribution in [2.75, 3.05) is 10.8 Å². The largest absolute Gasteiger partial charge is 0.484 e. The molecule has 0 bridgehead atoms. The summed E-state index contributed by atoms with van der Waals surface area (Å²) >= 11 is 12.4. The fourth-order valence-electron chi connectivity index (χ4n) is 3.89. The molecule has 2 atom stereocenters. The maximum absolute atomic E-state index is 14.4. The zero-order valence-electron chi connectivity index (χ0n) is 19.2. The lowest BCUT2D eigenvalue weighted by Crippen LogP contribution is -2.47. The minimum atomic E-state index is -4.15. The standard InChI is InChI=1S/C24H24Cl2FN3O4S/c1-4-29-13-22(24(26)28-29)35(32,33)30-12-21(15(3)31)34-20-9-8-16(11-19(20)30)10-14(2)23-17(25)6-5-7-18(23)27/h5-11,13,15,21,31H,4,12H2,1-3H3/t15-,21-/m1/s1. The zero-order chi connectivity index (χ0) is 25.5. The Kier molecular flexibility index (Phi) is 7.15. The number of ether oxygens (including phenoxy) is 1. The van der Waals surface area contributed by atoms with Crippen molar-refractivity contribution < 1.29 is 22.7 Å². The number of fused-ring (bicyclic) bond motifs is 1. The average Bonchev–Trinajstić information content (AvgIpc) is 3.19. The van der Waals surface area contributed by atoms with Gasteiger partial charge >= 0.3 is 0 Å². The normalized spacial score (nSPS) is 17.2. The van der Waals surface area contributed by atoms with Crippen molar-refractivity contribution in [2.45, 2.75) is 44.4 Å². The predicted octanol–water partition coefficient (Wildman–Crippen LogP) is 5.25. The topological polar surface area (TPSA) is 84.7 Å². The third-order valence-corrected chi connectivity index (χ3v) is 8.22.